The molecule has 1 aliphatic carbocycles. The van der Waals surface area contributed by atoms with Gasteiger partial charge in [0, 0.05) is 5.92 Å². The Hall–Kier alpha value is -1.30. The number of carboxylic acid groups (broad SMARTS) is 1. The fourth-order valence-corrected chi connectivity index (χ4v) is 2.52. The number of hydrogen-bond acceptors (Lipinski definition) is 4. The van der Waals surface area contributed by atoms with Crippen LogP contribution >= 0.6 is 0 Å². The molecule has 0 aromatic heterocycles. The second-order valence-corrected chi connectivity index (χ2v) is 5.63. The van der Waals surface area contributed by atoms with Gasteiger partial charge in [0.1, 0.15) is 11.6 Å². The largest absolute Gasteiger partial charge is 0.480 e. The summed E-state index contributed by atoms with van der Waals surface area (Å²) in [6, 6.07) is -1.36. The number of carbonyl (C=O) groups is 2. The fraction of sp³-hybridized carbons (Fsp3) is 0.818. The Bertz CT molecular complexity index is 361. The number of amides is 1. The molecular weight excluding hydrogens is 226 g/mol. The van der Waals surface area contributed by atoms with Gasteiger partial charge in [0.05, 0.1) is 12.1 Å². The van der Waals surface area contributed by atoms with Crippen LogP contribution < -0.4 is 0 Å². The average molecular weight is 243 g/mol. The SMILES string of the molecule is CC(C)(C)OC(=O)N1[C@H]2C[C@@H]([C@@H]2O)[C@@H]1C(=O)O. The van der Waals surface area contributed by atoms with E-state index in [0.717, 1.165) is 0 Å². The van der Waals surface area contributed by atoms with E-state index in [1.807, 2.05) is 0 Å². The first kappa shape index (κ1) is 12.2. The van der Waals surface area contributed by atoms with Gasteiger partial charge in [-0.15, -0.1) is 0 Å². The maximum atomic E-state index is 11.9. The van der Waals surface area contributed by atoms with Gasteiger partial charge in [-0.2, -0.15) is 0 Å². The Balaban J connectivity index is 2.15. The smallest absolute Gasteiger partial charge is 0.411 e. The van der Waals surface area contributed by atoms with E-state index in [0.29, 0.717) is 6.42 Å². The minimum atomic E-state index is -1.08. The zero-order valence-electron chi connectivity index (χ0n) is 10.1. The van der Waals surface area contributed by atoms with Crippen molar-refractivity contribution in [3.05, 3.63) is 0 Å². The molecule has 1 amide bonds. The van der Waals surface area contributed by atoms with Gasteiger partial charge in [-0.1, -0.05) is 0 Å². The summed E-state index contributed by atoms with van der Waals surface area (Å²) >= 11 is 0. The summed E-state index contributed by atoms with van der Waals surface area (Å²) in [5.41, 5.74) is -0.669. The summed E-state index contributed by atoms with van der Waals surface area (Å²) in [5, 5.41) is 18.8. The highest BCUT2D eigenvalue weighted by Crippen LogP contribution is 2.46. The molecule has 3 aliphatic rings. The fourth-order valence-electron chi connectivity index (χ4n) is 2.52. The second-order valence-electron chi connectivity index (χ2n) is 5.63. The molecule has 2 aliphatic heterocycles. The summed E-state index contributed by atoms with van der Waals surface area (Å²) in [6.45, 7) is 5.16. The van der Waals surface area contributed by atoms with Gasteiger partial charge in [0.2, 0.25) is 0 Å². The predicted octanol–water partition coefficient (Wildman–Crippen LogP) is 0.440. The van der Waals surface area contributed by atoms with Crippen molar-refractivity contribution < 1.29 is 24.5 Å². The van der Waals surface area contributed by atoms with Crippen molar-refractivity contribution in [1.82, 2.24) is 4.90 Å². The van der Waals surface area contributed by atoms with E-state index in [1.165, 1.54) is 4.90 Å². The number of ether oxygens (including phenoxy) is 1. The van der Waals surface area contributed by atoms with Gasteiger partial charge in [-0.05, 0) is 27.2 Å². The van der Waals surface area contributed by atoms with Crippen molar-refractivity contribution in [1.29, 1.82) is 0 Å². The average Bonchev–Trinajstić information content (AvgIpc) is 2.66. The van der Waals surface area contributed by atoms with Crippen LogP contribution in [-0.4, -0.2) is 51.0 Å². The maximum absolute atomic E-state index is 11.9. The van der Waals surface area contributed by atoms with Gasteiger partial charge in [0.25, 0.3) is 0 Å². The number of aliphatic hydroxyl groups is 1. The zero-order valence-corrected chi connectivity index (χ0v) is 10.1. The van der Waals surface area contributed by atoms with E-state index >= 15 is 0 Å². The number of aliphatic hydroxyl groups excluding tert-OH is 1. The minimum Gasteiger partial charge on any atom is -0.480 e. The standard InChI is InChI=1S/C11H17NO5/c1-11(2,3)17-10(16)12-6-4-5(8(6)13)7(12)9(14)15/h5-8,13H,4H2,1-3H3,(H,14,15)/t5-,6+,7-,8+/m1/s1. The van der Waals surface area contributed by atoms with E-state index in [1.54, 1.807) is 20.8 Å². The lowest BCUT2D eigenvalue weighted by Gasteiger charge is -2.32. The summed E-state index contributed by atoms with van der Waals surface area (Å²) in [4.78, 5) is 24.2. The highest BCUT2D eigenvalue weighted by atomic mass is 16.6. The van der Waals surface area contributed by atoms with Gasteiger partial charge in [0.15, 0.2) is 0 Å². The van der Waals surface area contributed by atoms with E-state index in [-0.39, 0.29) is 5.92 Å². The third-order valence-corrected chi connectivity index (χ3v) is 3.27. The normalized spacial score (nSPS) is 35.4. The summed E-state index contributed by atoms with van der Waals surface area (Å²) in [7, 11) is 0. The molecular formula is C11H17NO5. The van der Waals surface area contributed by atoms with Crippen LogP contribution in [-0.2, 0) is 9.53 Å². The summed E-state index contributed by atoms with van der Waals surface area (Å²) in [5.74, 6) is -1.44. The molecule has 1 saturated carbocycles. The van der Waals surface area contributed by atoms with Crippen molar-refractivity contribution in [2.75, 3.05) is 0 Å². The minimum absolute atomic E-state index is 0.356. The van der Waals surface area contributed by atoms with Crippen molar-refractivity contribution in [2.45, 2.75) is 51.0 Å². The molecule has 3 fully saturated rings. The zero-order chi connectivity index (χ0) is 13.0. The molecule has 0 unspecified atom stereocenters. The second kappa shape index (κ2) is 3.60. The van der Waals surface area contributed by atoms with Gasteiger partial charge >= 0.3 is 12.1 Å². The van der Waals surface area contributed by atoms with Crippen LogP contribution in [0, 0.1) is 5.92 Å². The molecule has 17 heavy (non-hydrogen) atoms. The van der Waals surface area contributed by atoms with Crippen LogP contribution in [0.4, 0.5) is 4.79 Å². The topological polar surface area (TPSA) is 87.1 Å². The Kier molecular flexibility index (Phi) is 2.57. The Morgan fingerprint density at radius 3 is 2.35 bits per heavy atom. The molecule has 2 bridgehead atoms. The third-order valence-electron chi connectivity index (χ3n) is 3.27. The lowest BCUT2D eigenvalue weighted by atomic mass is 9.79. The molecule has 0 aromatic rings. The van der Waals surface area contributed by atoms with Crippen LogP contribution in [0.3, 0.4) is 0 Å². The molecule has 0 radical (unpaired) electrons. The van der Waals surface area contributed by atoms with Crippen LogP contribution in [0.15, 0.2) is 0 Å². The Morgan fingerprint density at radius 1 is 1.35 bits per heavy atom. The van der Waals surface area contributed by atoms with E-state index in [9.17, 15) is 14.7 Å². The first-order chi connectivity index (χ1) is 7.72. The highest BCUT2D eigenvalue weighted by Gasteiger charge is 2.63. The summed E-state index contributed by atoms with van der Waals surface area (Å²) in [6.07, 6.45) is -0.852. The van der Waals surface area contributed by atoms with E-state index in [4.69, 9.17) is 9.84 Å². The molecule has 2 heterocycles. The molecule has 96 valence electrons. The highest BCUT2D eigenvalue weighted by molar-refractivity contribution is 5.83. The van der Waals surface area contributed by atoms with E-state index < -0.39 is 35.9 Å². The molecule has 0 spiro atoms. The number of hydrogen-bond donors (Lipinski definition) is 2. The lowest BCUT2D eigenvalue weighted by molar-refractivity contribution is -0.142. The quantitative estimate of drug-likeness (QED) is 0.697. The van der Waals surface area contributed by atoms with Crippen molar-refractivity contribution >= 4 is 12.1 Å². The third kappa shape index (κ3) is 1.86. The molecule has 6 heteroatoms. The number of fused-ring (bicyclic) bond motifs is 1. The van der Waals surface area contributed by atoms with Crippen molar-refractivity contribution in [3.8, 4) is 0 Å². The number of carbonyl (C=O) groups excluding carboxylic acids is 1. The number of nitrogens with zero attached hydrogens (tertiary/aromatic N) is 1. The molecule has 0 aromatic carbocycles. The van der Waals surface area contributed by atoms with Crippen LogP contribution in [0.5, 0.6) is 0 Å². The van der Waals surface area contributed by atoms with Crippen LogP contribution in [0.1, 0.15) is 27.2 Å². The van der Waals surface area contributed by atoms with E-state index in [2.05, 4.69) is 0 Å². The monoisotopic (exact) mass is 243 g/mol. The first-order valence-corrected chi connectivity index (χ1v) is 5.64. The Labute approximate surface area is 99.2 Å². The number of carboxylic acids is 1. The molecule has 3 rings (SSSR count). The number of aliphatic carboxylic acids is 1. The molecule has 6 nitrogen and oxygen atoms in total. The molecule has 4 atom stereocenters. The maximum Gasteiger partial charge on any atom is 0.411 e. The lowest BCUT2D eigenvalue weighted by Crippen LogP contribution is -2.47. The van der Waals surface area contributed by atoms with Gasteiger partial charge in [-0.25, -0.2) is 9.59 Å². The van der Waals surface area contributed by atoms with Gasteiger partial charge in [-0.3, -0.25) is 4.90 Å². The Morgan fingerprint density at radius 2 is 1.94 bits per heavy atom. The molecule has 2 saturated heterocycles. The van der Waals surface area contributed by atoms with Crippen LogP contribution in [0.25, 0.3) is 0 Å². The summed E-state index contributed by atoms with van der Waals surface area (Å²) < 4.78 is 5.16. The predicted molar refractivity (Wildman–Crippen MR) is 57.4 cm³/mol. The van der Waals surface area contributed by atoms with Crippen LogP contribution in [0.2, 0.25) is 0 Å². The number of rotatable bonds is 1. The van der Waals surface area contributed by atoms with Crippen molar-refractivity contribution in [3.63, 3.8) is 0 Å². The van der Waals surface area contributed by atoms with Crippen molar-refractivity contribution in [2.24, 2.45) is 5.92 Å². The van der Waals surface area contributed by atoms with Gasteiger partial charge < -0.3 is 14.9 Å². The molecule has 2 N–H and O–H groups in total. The first-order valence-electron chi connectivity index (χ1n) is 5.64.